The van der Waals surface area contributed by atoms with Crippen LogP contribution in [0.25, 0.3) is 0 Å². The van der Waals surface area contributed by atoms with E-state index in [1.54, 1.807) is 13.4 Å². The normalized spacial score (nSPS) is 7.41. The van der Waals surface area contributed by atoms with Gasteiger partial charge >= 0.3 is 0 Å². The van der Waals surface area contributed by atoms with Crippen molar-refractivity contribution in [2.75, 3.05) is 21.1 Å². The van der Waals surface area contributed by atoms with Gasteiger partial charge in [0.05, 0.1) is 6.34 Å². The summed E-state index contributed by atoms with van der Waals surface area (Å²) < 4.78 is 0. The van der Waals surface area contributed by atoms with Crippen molar-refractivity contribution < 1.29 is 4.79 Å². The first-order valence-electron chi connectivity index (χ1n) is 5.67. The van der Waals surface area contributed by atoms with Gasteiger partial charge in [-0.1, -0.05) is 50.2 Å². The lowest BCUT2D eigenvalue weighted by atomic mass is 10.4. The Kier molecular flexibility index (Phi) is 29.1. The van der Waals surface area contributed by atoms with E-state index in [1.807, 2.05) is 69.2 Å². The van der Waals surface area contributed by atoms with Crippen LogP contribution in [0.15, 0.2) is 41.4 Å². The number of hydrogen-bond acceptors (Lipinski definition) is 2. The number of carbonyl (C=O) groups excluding carboxylic acids is 1. The van der Waals surface area contributed by atoms with E-state index in [9.17, 15) is 0 Å². The maximum absolute atomic E-state index is 8.81. The first kappa shape index (κ1) is 20.7. The Morgan fingerprint density at radius 3 is 1.24 bits per heavy atom. The molecule has 0 N–H and O–H groups in total. The van der Waals surface area contributed by atoms with E-state index in [-0.39, 0.29) is 0 Å². The van der Waals surface area contributed by atoms with Gasteiger partial charge in [-0.05, 0) is 6.92 Å². The molecule has 0 aliphatic carbocycles. The van der Waals surface area contributed by atoms with Crippen LogP contribution >= 0.6 is 0 Å². The molecule has 0 radical (unpaired) electrons. The van der Waals surface area contributed by atoms with Crippen LogP contribution < -0.4 is 0 Å². The molecule has 17 heavy (non-hydrogen) atoms. The standard InChI is InChI=1S/C6H6.C4H10N2.C2H4O.C2H6/c1-2-4-6-5-3-1;1-5-4-6(2)3;1-2-3;1-2/h1-6H;4H,1-3H3;2H,1H3;1-2H3. The van der Waals surface area contributed by atoms with Crippen molar-refractivity contribution in [3.63, 3.8) is 0 Å². The van der Waals surface area contributed by atoms with Crippen LogP contribution in [0.4, 0.5) is 0 Å². The van der Waals surface area contributed by atoms with Gasteiger partial charge in [-0.3, -0.25) is 4.99 Å². The Labute approximate surface area is 106 Å². The summed E-state index contributed by atoms with van der Waals surface area (Å²) in [5, 5.41) is 0. The highest BCUT2D eigenvalue weighted by molar-refractivity contribution is 5.53. The van der Waals surface area contributed by atoms with Gasteiger partial charge in [0.2, 0.25) is 0 Å². The van der Waals surface area contributed by atoms with Crippen molar-refractivity contribution in [3.8, 4) is 0 Å². The topological polar surface area (TPSA) is 32.7 Å². The zero-order valence-electron chi connectivity index (χ0n) is 11.9. The molecular formula is C14H26N2O. The lowest BCUT2D eigenvalue weighted by molar-refractivity contribution is -0.106. The molecule has 98 valence electrons. The van der Waals surface area contributed by atoms with E-state index in [0.717, 1.165) is 6.29 Å². The van der Waals surface area contributed by atoms with Crippen molar-refractivity contribution in [2.45, 2.75) is 20.8 Å². The first-order chi connectivity index (χ1) is 8.18. The summed E-state index contributed by atoms with van der Waals surface area (Å²) in [5.41, 5.74) is 0. The fourth-order valence-corrected chi connectivity index (χ4v) is 0.616. The smallest absolute Gasteiger partial charge is 0.116 e. The van der Waals surface area contributed by atoms with Gasteiger partial charge in [0.1, 0.15) is 6.29 Å². The van der Waals surface area contributed by atoms with E-state index in [0.29, 0.717) is 0 Å². The minimum absolute atomic E-state index is 0.750. The molecule has 0 aliphatic rings. The number of aldehydes is 1. The molecule has 0 aromatic heterocycles. The summed E-state index contributed by atoms with van der Waals surface area (Å²) in [5.74, 6) is 0. The van der Waals surface area contributed by atoms with Crippen molar-refractivity contribution >= 4 is 12.6 Å². The van der Waals surface area contributed by atoms with Crippen molar-refractivity contribution in [3.05, 3.63) is 36.4 Å². The average molecular weight is 238 g/mol. The van der Waals surface area contributed by atoms with E-state index in [1.165, 1.54) is 6.92 Å². The molecule has 3 heteroatoms. The predicted octanol–water partition coefficient (Wildman–Crippen LogP) is 3.12. The molecule has 0 spiro atoms. The third-order valence-electron chi connectivity index (χ3n) is 1.01. The third-order valence-corrected chi connectivity index (χ3v) is 1.01. The predicted molar refractivity (Wildman–Crippen MR) is 77.6 cm³/mol. The molecule has 3 nitrogen and oxygen atoms in total. The molecule has 0 heterocycles. The maximum Gasteiger partial charge on any atom is 0.116 e. The van der Waals surface area contributed by atoms with Crippen LogP contribution in [-0.2, 0) is 4.79 Å². The second-order valence-electron chi connectivity index (χ2n) is 2.73. The van der Waals surface area contributed by atoms with Crippen LogP contribution in [0.2, 0.25) is 0 Å². The largest absolute Gasteiger partial charge is 0.369 e. The minimum atomic E-state index is 0.750. The molecular weight excluding hydrogens is 212 g/mol. The Morgan fingerprint density at radius 1 is 0.941 bits per heavy atom. The Morgan fingerprint density at radius 2 is 1.18 bits per heavy atom. The fraction of sp³-hybridized carbons (Fsp3) is 0.429. The molecule has 0 bridgehead atoms. The highest BCUT2D eigenvalue weighted by atomic mass is 16.1. The Bertz CT molecular complexity index is 207. The second kappa shape index (κ2) is 23.9. The molecule has 0 saturated carbocycles. The number of nitrogens with zero attached hydrogens (tertiary/aromatic N) is 2. The van der Waals surface area contributed by atoms with Gasteiger partial charge in [-0.2, -0.15) is 0 Å². The quantitative estimate of drug-likeness (QED) is 0.428. The van der Waals surface area contributed by atoms with Crippen LogP contribution in [-0.4, -0.2) is 38.7 Å². The zero-order chi connectivity index (χ0) is 13.9. The second-order valence-corrected chi connectivity index (χ2v) is 2.73. The third kappa shape index (κ3) is 40.5. The first-order valence-corrected chi connectivity index (χ1v) is 5.67. The summed E-state index contributed by atoms with van der Waals surface area (Å²) in [6.07, 6.45) is 2.50. The van der Waals surface area contributed by atoms with E-state index >= 15 is 0 Å². The summed E-state index contributed by atoms with van der Waals surface area (Å²) >= 11 is 0. The van der Waals surface area contributed by atoms with Crippen molar-refractivity contribution in [1.29, 1.82) is 0 Å². The van der Waals surface area contributed by atoms with Gasteiger partial charge in [-0.15, -0.1) is 0 Å². The van der Waals surface area contributed by atoms with Crippen LogP contribution in [0.1, 0.15) is 20.8 Å². The van der Waals surface area contributed by atoms with Crippen LogP contribution in [0, 0.1) is 0 Å². The average Bonchev–Trinajstić information content (AvgIpc) is 2.35. The van der Waals surface area contributed by atoms with Gasteiger partial charge < -0.3 is 9.69 Å². The molecule has 0 unspecified atom stereocenters. The molecule has 1 rings (SSSR count). The molecule has 0 amide bonds. The minimum Gasteiger partial charge on any atom is -0.369 e. The SMILES string of the molecule is CC.CC=O.CN=CN(C)C.c1ccccc1. The van der Waals surface area contributed by atoms with Crippen LogP contribution in [0.5, 0.6) is 0 Å². The highest BCUT2D eigenvalue weighted by Crippen LogP contribution is 1.79. The summed E-state index contributed by atoms with van der Waals surface area (Å²) in [6, 6.07) is 12.0. The fourth-order valence-electron chi connectivity index (χ4n) is 0.616. The zero-order valence-corrected chi connectivity index (χ0v) is 11.9. The molecule has 0 atom stereocenters. The molecule has 0 aliphatic heterocycles. The maximum atomic E-state index is 8.81. The van der Waals surface area contributed by atoms with Gasteiger partial charge in [-0.25, -0.2) is 0 Å². The molecule has 0 fully saturated rings. The summed E-state index contributed by atoms with van der Waals surface area (Å²) in [4.78, 5) is 14.4. The van der Waals surface area contributed by atoms with E-state index < -0.39 is 0 Å². The monoisotopic (exact) mass is 238 g/mol. The lowest BCUT2D eigenvalue weighted by Crippen LogP contribution is -2.06. The highest BCUT2D eigenvalue weighted by Gasteiger charge is 1.67. The summed E-state index contributed by atoms with van der Waals surface area (Å²) in [7, 11) is 5.62. The molecule has 1 aromatic carbocycles. The number of hydrogen-bond donors (Lipinski definition) is 0. The Balaban J connectivity index is -0.000000169. The lowest BCUT2D eigenvalue weighted by Gasteiger charge is -1.98. The van der Waals surface area contributed by atoms with Gasteiger partial charge in [0, 0.05) is 21.1 Å². The Hall–Kier alpha value is -1.64. The van der Waals surface area contributed by atoms with E-state index in [4.69, 9.17) is 4.79 Å². The van der Waals surface area contributed by atoms with Gasteiger partial charge in [0.15, 0.2) is 0 Å². The number of aliphatic imine (C=N–C) groups is 1. The van der Waals surface area contributed by atoms with Gasteiger partial charge in [0.25, 0.3) is 0 Å². The number of carbonyl (C=O) groups is 1. The van der Waals surface area contributed by atoms with E-state index in [2.05, 4.69) is 4.99 Å². The molecule has 0 saturated heterocycles. The van der Waals surface area contributed by atoms with Crippen molar-refractivity contribution in [2.24, 2.45) is 4.99 Å². The van der Waals surface area contributed by atoms with Crippen molar-refractivity contribution in [1.82, 2.24) is 4.90 Å². The van der Waals surface area contributed by atoms with Crippen LogP contribution in [0.3, 0.4) is 0 Å². The molecule has 1 aromatic rings. The number of benzene rings is 1. The summed E-state index contributed by atoms with van der Waals surface area (Å²) in [6.45, 7) is 5.44. The number of rotatable bonds is 1.